The van der Waals surface area contributed by atoms with E-state index in [2.05, 4.69) is 15.6 Å². The van der Waals surface area contributed by atoms with Crippen molar-refractivity contribution in [3.63, 3.8) is 0 Å². The van der Waals surface area contributed by atoms with Gasteiger partial charge in [0, 0.05) is 35.5 Å². The number of carbonyl (C=O) groups is 2. The van der Waals surface area contributed by atoms with Gasteiger partial charge < -0.3 is 15.4 Å². The van der Waals surface area contributed by atoms with Crippen molar-refractivity contribution in [2.24, 2.45) is 11.8 Å². The Labute approximate surface area is 159 Å². The normalized spacial score (nSPS) is 19.1. The van der Waals surface area contributed by atoms with Gasteiger partial charge in [0.1, 0.15) is 0 Å². The summed E-state index contributed by atoms with van der Waals surface area (Å²) in [5, 5.41) is 5.90. The minimum atomic E-state index is -0.161. The molecule has 6 nitrogen and oxygen atoms in total. The van der Waals surface area contributed by atoms with Crippen molar-refractivity contribution in [2.75, 3.05) is 18.5 Å². The van der Waals surface area contributed by atoms with Crippen molar-refractivity contribution >= 4 is 17.5 Å². The van der Waals surface area contributed by atoms with Gasteiger partial charge in [0.25, 0.3) is 5.91 Å². The minimum absolute atomic E-state index is 0.0421. The lowest BCUT2D eigenvalue weighted by atomic mass is 9.95. The zero-order chi connectivity index (χ0) is 19.2. The SMILES string of the molecule is CC(C)C(=O)Nc1cccc(C(=O)N[C@H]2COC[C@H]2Cc2ccncc2)c1. The highest BCUT2D eigenvalue weighted by Crippen LogP contribution is 2.20. The lowest BCUT2D eigenvalue weighted by Gasteiger charge is -2.19. The van der Waals surface area contributed by atoms with Gasteiger partial charge in [0.15, 0.2) is 0 Å². The second-order valence-corrected chi connectivity index (χ2v) is 7.16. The lowest BCUT2D eigenvalue weighted by molar-refractivity contribution is -0.118. The first-order valence-corrected chi connectivity index (χ1v) is 9.21. The number of aromatic nitrogens is 1. The molecule has 0 saturated carbocycles. The summed E-state index contributed by atoms with van der Waals surface area (Å²) in [5.41, 5.74) is 2.32. The van der Waals surface area contributed by atoms with Crippen molar-refractivity contribution in [3.05, 3.63) is 59.9 Å². The fourth-order valence-electron chi connectivity index (χ4n) is 3.06. The molecule has 3 rings (SSSR count). The van der Waals surface area contributed by atoms with Gasteiger partial charge in [-0.2, -0.15) is 0 Å². The molecular weight excluding hydrogens is 342 g/mol. The van der Waals surface area contributed by atoms with E-state index in [0.717, 1.165) is 6.42 Å². The van der Waals surface area contributed by atoms with Gasteiger partial charge in [0.2, 0.25) is 5.91 Å². The third-order valence-electron chi connectivity index (χ3n) is 4.68. The molecule has 1 aliphatic rings. The van der Waals surface area contributed by atoms with Crippen LogP contribution in [0.3, 0.4) is 0 Å². The van der Waals surface area contributed by atoms with Crippen molar-refractivity contribution in [1.82, 2.24) is 10.3 Å². The summed E-state index contributed by atoms with van der Waals surface area (Å²) in [6.07, 6.45) is 4.38. The fourth-order valence-corrected chi connectivity index (χ4v) is 3.06. The van der Waals surface area contributed by atoms with Gasteiger partial charge >= 0.3 is 0 Å². The first kappa shape index (κ1) is 19.0. The number of nitrogens with one attached hydrogen (secondary N) is 2. The highest BCUT2D eigenvalue weighted by molar-refractivity contribution is 5.97. The number of amides is 2. The molecule has 142 valence electrons. The molecule has 1 aromatic carbocycles. The van der Waals surface area contributed by atoms with Crippen LogP contribution in [0.1, 0.15) is 29.8 Å². The van der Waals surface area contributed by atoms with Crippen LogP contribution in [0.15, 0.2) is 48.8 Å². The largest absolute Gasteiger partial charge is 0.379 e. The Bertz CT molecular complexity index is 792. The zero-order valence-electron chi connectivity index (χ0n) is 15.6. The summed E-state index contributed by atoms with van der Waals surface area (Å²) in [4.78, 5) is 28.6. The molecule has 2 heterocycles. The van der Waals surface area contributed by atoms with Gasteiger partial charge in [-0.3, -0.25) is 14.6 Å². The summed E-state index contributed by atoms with van der Waals surface area (Å²) in [6, 6.07) is 10.9. The number of pyridine rings is 1. The lowest BCUT2D eigenvalue weighted by Crippen LogP contribution is -2.40. The Balaban J connectivity index is 1.63. The first-order chi connectivity index (χ1) is 13.0. The van der Waals surface area contributed by atoms with Gasteiger partial charge in [-0.1, -0.05) is 19.9 Å². The summed E-state index contributed by atoms with van der Waals surface area (Å²) in [7, 11) is 0. The number of hydrogen-bond donors (Lipinski definition) is 2. The number of benzene rings is 1. The second kappa shape index (κ2) is 8.77. The molecule has 1 saturated heterocycles. The number of carbonyl (C=O) groups excluding carboxylic acids is 2. The molecule has 0 spiro atoms. The third-order valence-corrected chi connectivity index (χ3v) is 4.68. The number of rotatable bonds is 6. The van der Waals surface area contributed by atoms with Crippen molar-refractivity contribution in [1.29, 1.82) is 0 Å². The molecule has 1 fully saturated rings. The summed E-state index contributed by atoms with van der Waals surface area (Å²) < 4.78 is 5.59. The Morgan fingerprint density at radius 1 is 1.19 bits per heavy atom. The Kier molecular flexibility index (Phi) is 6.19. The van der Waals surface area contributed by atoms with Crippen LogP contribution in [0.4, 0.5) is 5.69 Å². The third kappa shape index (κ3) is 5.14. The number of hydrogen-bond acceptors (Lipinski definition) is 4. The molecule has 2 atom stereocenters. The second-order valence-electron chi connectivity index (χ2n) is 7.16. The summed E-state index contributed by atoms with van der Waals surface area (Å²) in [6.45, 7) is 4.78. The minimum Gasteiger partial charge on any atom is -0.379 e. The van der Waals surface area contributed by atoms with E-state index in [0.29, 0.717) is 24.5 Å². The van der Waals surface area contributed by atoms with Crippen molar-refractivity contribution < 1.29 is 14.3 Å². The van der Waals surface area contributed by atoms with E-state index >= 15 is 0 Å². The molecule has 0 unspecified atom stereocenters. The topological polar surface area (TPSA) is 80.3 Å². The summed E-state index contributed by atoms with van der Waals surface area (Å²) in [5.74, 6) is -0.132. The van der Waals surface area contributed by atoms with E-state index in [1.54, 1.807) is 36.7 Å². The molecule has 2 amide bonds. The molecule has 27 heavy (non-hydrogen) atoms. The monoisotopic (exact) mass is 367 g/mol. The van der Waals surface area contributed by atoms with Gasteiger partial charge in [0.05, 0.1) is 19.3 Å². The zero-order valence-corrected chi connectivity index (χ0v) is 15.6. The molecule has 0 bridgehead atoms. The van der Waals surface area contributed by atoms with E-state index in [-0.39, 0.29) is 29.7 Å². The molecule has 2 N–H and O–H groups in total. The Morgan fingerprint density at radius 2 is 1.96 bits per heavy atom. The number of nitrogens with zero attached hydrogens (tertiary/aromatic N) is 1. The molecular formula is C21H25N3O3. The van der Waals surface area contributed by atoms with E-state index < -0.39 is 0 Å². The van der Waals surface area contributed by atoms with Crippen LogP contribution in [-0.4, -0.2) is 36.1 Å². The van der Waals surface area contributed by atoms with Crippen LogP contribution in [0, 0.1) is 11.8 Å². The molecule has 1 aromatic heterocycles. The Morgan fingerprint density at radius 3 is 2.70 bits per heavy atom. The van der Waals surface area contributed by atoms with Crippen LogP contribution in [0.25, 0.3) is 0 Å². The van der Waals surface area contributed by atoms with Crippen LogP contribution in [0.5, 0.6) is 0 Å². The molecule has 1 aliphatic heterocycles. The molecule has 0 radical (unpaired) electrons. The fraction of sp³-hybridized carbons (Fsp3) is 0.381. The highest BCUT2D eigenvalue weighted by Gasteiger charge is 2.30. The Hall–Kier alpha value is -2.73. The van der Waals surface area contributed by atoms with Crippen LogP contribution >= 0.6 is 0 Å². The van der Waals surface area contributed by atoms with Gasteiger partial charge in [-0.15, -0.1) is 0 Å². The predicted octanol–water partition coefficient (Wildman–Crippen LogP) is 2.66. The predicted molar refractivity (Wildman–Crippen MR) is 103 cm³/mol. The maximum absolute atomic E-state index is 12.7. The van der Waals surface area contributed by atoms with Gasteiger partial charge in [-0.05, 0) is 42.3 Å². The van der Waals surface area contributed by atoms with Crippen molar-refractivity contribution in [2.45, 2.75) is 26.3 Å². The highest BCUT2D eigenvalue weighted by atomic mass is 16.5. The molecule has 6 heteroatoms. The standard InChI is InChI=1S/C21H25N3O3/c1-14(2)20(25)23-18-5-3-4-16(11-18)21(26)24-19-13-27-12-17(19)10-15-6-8-22-9-7-15/h3-9,11,14,17,19H,10,12-13H2,1-2H3,(H,23,25)(H,24,26)/t17-,19+/m1/s1. The van der Waals surface area contributed by atoms with Crippen LogP contribution < -0.4 is 10.6 Å². The van der Waals surface area contributed by atoms with Crippen molar-refractivity contribution in [3.8, 4) is 0 Å². The van der Waals surface area contributed by atoms with Crippen LogP contribution in [-0.2, 0) is 16.0 Å². The van der Waals surface area contributed by atoms with Crippen LogP contribution in [0.2, 0.25) is 0 Å². The average Bonchev–Trinajstić information content (AvgIpc) is 3.09. The van der Waals surface area contributed by atoms with E-state index in [4.69, 9.17) is 4.74 Å². The number of anilines is 1. The van der Waals surface area contributed by atoms with Gasteiger partial charge in [-0.25, -0.2) is 0 Å². The quantitative estimate of drug-likeness (QED) is 0.823. The maximum atomic E-state index is 12.7. The maximum Gasteiger partial charge on any atom is 0.251 e. The smallest absolute Gasteiger partial charge is 0.251 e. The molecule has 0 aliphatic carbocycles. The molecule has 2 aromatic rings. The average molecular weight is 367 g/mol. The number of ether oxygens (including phenoxy) is 1. The van der Waals surface area contributed by atoms with E-state index in [9.17, 15) is 9.59 Å². The first-order valence-electron chi connectivity index (χ1n) is 9.21. The summed E-state index contributed by atoms with van der Waals surface area (Å²) >= 11 is 0. The van der Waals surface area contributed by atoms with E-state index in [1.165, 1.54) is 5.56 Å². The van der Waals surface area contributed by atoms with E-state index in [1.807, 2.05) is 26.0 Å².